The zero-order valence-electron chi connectivity index (χ0n) is 12.5. The molecular weight excluding hydrogens is 328 g/mol. The Kier molecular flexibility index (Phi) is 4.99. The van der Waals surface area contributed by atoms with E-state index >= 15 is 0 Å². The first-order valence-electron chi connectivity index (χ1n) is 8.21. The summed E-state index contributed by atoms with van der Waals surface area (Å²) in [6.45, 7) is 0.746. The maximum absolute atomic E-state index is 12.7. The molecule has 1 aliphatic carbocycles. The Morgan fingerprint density at radius 1 is 1.14 bits per heavy atom. The van der Waals surface area contributed by atoms with Crippen molar-refractivity contribution in [3.8, 4) is 5.75 Å². The Labute approximate surface area is 135 Å². The minimum atomic E-state index is 0.265. The van der Waals surface area contributed by atoms with Crippen LogP contribution in [-0.4, -0.2) is 12.4 Å². The van der Waals surface area contributed by atoms with Crippen LogP contribution >= 0.6 is 15.9 Å². The number of fused-ring (bicyclic) bond motifs is 1. The van der Waals surface area contributed by atoms with Gasteiger partial charge in [-0.3, -0.25) is 4.79 Å². The molecule has 0 aromatic heterocycles. The molecule has 114 valence electrons. The van der Waals surface area contributed by atoms with Gasteiger partial charge >= 0.3 is 0 Å². The van der Waals surface area contributed by atoms with Crippen LogP contribution in [0.1, 0.15) is 56.1 Å². The van der Waals surface area contributed by atoms with Gasteiger partial charge < -0.3 is 4.74 Å². The van der Waals surface area contributed by atoms with Crippen LogP contribution in [0, 0.1) is 5.92 Å². The Morgan fingerprint density at radius 2 is 1.86 bits per heavy atom. The molecule has 0 N–H and O–H groups in total. The van der Waals surface area contributed by atoms with E-state index in [-0.39, 0.29) is 5.92 Å². The fourth-order valence-electron chi connectivity index (χ4n) is 3.59. The van der Waals surface area contributed by atoms with Crippen molar-refractivity contribution in [2.45, 2.75) is 57.8 Å². The SMILES string of the molecule is O=C(Cc1cc(Br)cc2c1OCC2)C1CCCCCCC1. The first-order chi connectivity index (χ1) is 10.2. The highest BCUT2D eigenvalue weighted by Crippen LogP contribution is 2.34. The fourth-order valence-corrected chi connectivity index (χ4v) is 4.14. The number of Topliss-reactive ketones (excluding diaryl/α,β-unsaturated/α-hetero) is 1. The van der Waals surface area contributed by atoms with E-state index in [9.17, 15) is 4.79 Å². The summed E-state index contributed by atoms with van der Waals surface area (Å²) in [7, 11) is 0. The van der Waals surface area contributed by atoms with Gasteiger partial charge in [-0.15, -0.1) is 0 Å². The van der Waals surface area contributed by atoms with E-state index in [0.29, 0.717) is 12.2 Å². The van der Waals surface area contributed by atoms with Crippen molar-refractivity contribution < 1.29 is 9.53 Å². The molecule has 0 amide bonds. The first-order valence-corrected chi connectivity index (χ1v) is 9.00. The number of benzene rings is 1. The van der Waals surface area contributed by atoms with Crippen molar-refractivity contribution in [2.24, 2.45) is 5.92 Å². The number of hydrogen-bond acceptors (Lipinski definition) is 2. The quantitative estimate of drug-likeness (QED) is 0.778. The van der Waals surface area contributed by atoms with Gasteiger partial charge in [0.25, 0.3) is 0 Å². The number of ketones is 1. The Morgan fingerprint density at radius 3 is 2.62 bits per heavy atom. The highest BCUT2D eigenvalue weighted by Gasteiger charge is 2.23. The second-order valence-electron chi connectivity index (χ2n) is 6.34. The van der Waals surface area contributed by atoms with E-state index in [1.807, 2.05) is 0 Å². The third kappa shape index (κ3) is 3.68. The topological polar surface area (TPSA) is 26.3 Å². The van der Waals surface area contributed by atoms with Crippen LogP contribution in [0.3, 0.4) is 0 Å². The maximum atomic E-state index is 12.7. The molecular formula is C18H23BrO2. The van der Waals surface area contributed by atoms with Crippen LogP contribution in [0.2, 0.25) is 0 Å². The number of carbonyl (C=O) groups is 1. The molecule has 1 saturated carbocycles. The van der Waals surface area contributed by atoms with Crippen molar-refractivity contribution >= 4 is 21.7 Å². The van der Waals surface area contributed by atoms with Crippen molar-refractivity contribution in [2.75, 3.05) is 6.61 Å². The van der Waals surface area contributed by atoms with Crippen LogP contribution in [-0.2, 0) is 17.6 Å². The molecule has 2 aliphatic rings. The summed E-state index contributed by atoms with van der Waals surface area (Å²) >= 11 is 3.56. The third-order valence-corrected chi connectivity index (χ3v) is 5.21. The highest BCUT2D eigenvalue weighted by atomic mass is 79.9. The van der Waals surface area contributed by atoms with Crippen LogP contribution in [0.5, 0.6) is 5.75 Å². The Balaban J connectivity index is 1.72. The Bertz CT molecular complexity index is 516. The number of rotatable bonds is 3. The van der Waals surface area contributed by atoms with E-state index in [2.05, 4.69) is 28.1 Å². The zero-order valence-corrected chi connectivity index (χ0v) is 14.1. The maximum Gasteiger partial charge on any atom is 0.140 e. The summed E-state index contributed by atoms with van der Waals surface area (Å²) in [6, 6.07) is 4.18. The number of ether oxygens (including phenoxy) is 1. The second-order valence-corrected chi connectivity index (χ2v) is 7.25. The van der Waals surface area contributed by atoms with Gasteiger partial charge in [0.1, 0.15) is 11.5 Å². The zero-order chi connectivity index (χ0) is 14.7. The van der Waals surface area contributed by atoms with Crippen LogP contribution in [0.15, 0.2) is 16.6 Å². The molecule has 1 aromatic rings. The van der Waals surface area contributed by atoms with Crippen molar-refractivity contribution in [1.82, 2.24) is 0 Å². The summed E-state index contributed by atoms with van der Waals surface area (Å²) < 4.78 is 6.81. The lowest BCUT2D eigenvalue weighted by Gasteiger charge is -2.19. The molecule has 2 nitrogen and oxygen atoms in total. The standard InChI is InChI=1S/C18H23BrO2/c19-16-10-14-8-9-21-18(14)15(11-16)12-17(20)13-6-4-2-1-3-5-7-13/h10-11,13H,1-9,12H2. The van der Waals surface area contributed by atoms with E-state index in [0.717, 1.165) is 41.7 Å². The van der Waals surface area contributed by atoms with E-state index in [1.165, 1.54) is 37.7 Å². The summed E-state index contributed by atoms with van der Waals surface area (Å²) in [5, 5.41) is 0. The molecule has 0 bridgehead atoms. The molecule has 0 unspecified atom stereocenters. The lowest BCUT2D eigenvalue weighted by atomic mass is 9.86. The fraction of sp³-hybridized carbons (Fsp3) is 0.611. The minimum absolute atomic E-state index is 0.265. The predicted molar refractivity (Wildman–Crippen MR) is 87.9 cm³/mol. The highest BCUT2D eigenvalue weighted by molar-refractivity contribution is 9.10. The van der Waals surface area contributed by atoms with Gasteiger partial charge in [-0.1, -0.05) is 48.0 Å². The number of carbonyl (C=O) groups excluding carboxylic acids is 1. The van der Waals surface area contributed by atoms with E-state index in [4.69, 9.17) is 4.74 Å². The largest absolute Gasteiger partial charge is 0.493 e. The molecule has 1 heterocycles. The summed E-state index contributed by atoms with van der Waals surface area (Å²) in [5.74, 6) is 1.64. The molecule has 0 radical (unpaired) electrons. The van der Waals surface area contributed by atoms with Gasteiger partial charge in [-0.05, 0) is 30.5 Å². The van der Waals surface area contributed by atoms with Gasteiger partial charge in [-0.2, -0.15) is 0 Å². The van der Waals surface area contributed by atoms with Gasteiger partial charge in [0.15, 0.2) is 0 Å². The molecule has 0 spiro atoms. The Hall–Kier alpha value is -0.830. The third-order valence-electron chi connectivity index (χ3n) is 4.75. The first kappa shape index (κ1) is 15.1. The van der Waals surface area contributed by atoms with Gasteiger partial charge in [0.05, 0.1) is 6.61 Å². The van der Waals surface area contributed by atoms with Crippen LogP contribution in [0.4, 0.5) is 0 Å². The summed E-state index contributed by atoms with van der Waals surface area (Å²) in [4.78, 5) is 12.7. The molecule has 0 atom stereocenters. The molecule has 3 heteroatoms. The van der Waals surface area contributed by atoms with Crippen LogP contribution in [0.25, 0.3) is 0 Å². The van der Waals surface area contributed by atoms with E-state index < -0.39 is 0 Å². The lowest BCUT2D eigenvalue weighted by molar-refractivity contribution is -0.122. The molecule has 21 heavy (non-hydrogen) atoms. The lowest BCUT2D eigenvalue weighted by Crippen LogP contribution is -2.18. The number of hydrogen-bond donors (Lipinski definition) is 0. The van der Waals surface area contributed by atoms with Crippen LogP contribution < -0.4 is 4.74 Å². The molecule has 3 rings (SSSR count). The second kappa shape index (κ2) is 6.95. The number of halogens is 1. The molecule has 1 fully saturated rings. The monoisotopic (exact) mass is 350 g/mol. The summed E-state index contributed by atoms with van der Waals surface area (Å²) in [6.07, 6.45) is 10.00. The predicted octanol–water partition coefficient (Wildman–Crippen LogP) is 4.86. The molecule has 1 aliphatic heterocycles. The minimum Gasteiger partial charge on any atom is -0.493 e. The van der Waals surface area contributed by atoms with Crippen molar-refractivity contribution in [3.05, 3.63) is 27.7 Å². The smallest absolute Gasteiger partial charge is 0.140 e. The van der Waals surface area contributed by atoms with Gasteiger partial charge in [0.2, 0.25) is 0 Å². The van der Waals surface area contributed by atoms with Crippen molar-refractivity contribution in [3.63, 3.8) is 0 Å². The normalized spacial score (nSPS) is 19.5. The average Bonchev–Trinajstić information content (AvgIpc) is 2.86. The van der Waals surface area contributed by atoms with E-state index in [1.54, 1.807) is 0 Å². The van der Waals surface area contributed by atoms with Crippen molar-refractivity contribution in [1.29, 1.82) is 0 Å². The molecule has 0 saturated heterocycles. The van der Waals surface area contributed by atoms with Gasteiger partial charge in [0, 0.05) is 28.8 Å². The average molecular weight is 351 g/mol. The molecule has 1 aromatic carbocycles. The summed E-state index contributed by atoms with van der Waals surface area (Å²) in [5.41, 5.74) is 2.31. The van der Waals surface area contributed by atoms with Gasteiger partial charge in [-0.25, -0.2) is 0 Å².